The number of phenols is 1. The first-order chi connectivity index (χ1) is 4.74. The topological polar surface area (TPSA) is 20.2 Å². The number of hydrogen-bond donors (Lipinski definition) is 2. The van der Waals surface area contributed by atoms with E-state index in [2.05, 4.69) is 28.6 Å². The molecule has 0 radical (unpaired) electrons. The average Bonchev–Trinajstić information content (AvgIpc) is 1.94. The van der Waals surface area contributed by atoms with Gasteiger partial charge in [0.05, 0.1) is 0 Å². The largest absolute Gasteiger partial charge is 0.508 e. The second-order valence-electron chi connectivity index (χ2n) is 1.93. The third-order valence-corrected chi connectivity index (χ3v) is 2.05. The third-order valence-electron chi connectivity index (χ3n) is 1.21. The number of hydrogen-bond acceptors (Lipinski definition) is 2. The Morgan fingerprint density at radius 2 is 2.20 bits per heavy atom. The number of phenolic OH excluding ortho intramolecular Hbond substituents is 1. The maximum atomic E-state index is 9.17. The van der Waals surface area contributed by atoms with Crippen molar-refractivity contribution >= 4 is 28.6 Å². The Bertz CT molecular complexity index is 237. The minimum Gasteiger partial charge on any atom is -0.508 e. The van der Waals surface area contributed by atoms with Crippen LogP contribution in [0.2, 0.25) is 0 Å². The van der Waals surface area contributed by atoms with Crippen molar-refractivity contribution in [2.75, 3.05) is 0 Å². The monoisotopic (exact) mass is 218 g/mol. The van der Waals surface area contributed by atoms with Crippen LogP contribution in [-0.4, -0.2) is 5.11 Å². The van der Waals surface area contributed by atoms with Crippen LogP contribution < -0.4 is 0 Å². The van der Waals surface area contributed by atoms with E-state index in [0.717, 1.165) is 10.0 Å². The summed E-state index contributed by atoms with van der Waals surface area (Å²) in [4.78, 5) is 0. The lowest BCUT2D eigenvalue weighted by molar-refractivity contribution is 0.470. The fraction of sp³-hybridized carbons (Fsp3) is 0.143. The molecule has 0 saturated carbocycles. The van der Waals surface area contributed by atoms with Gasteiger partial charge in [-0.3, -0.25) is 0 Å². The smallest absolute Gasteiger partial charge is 0.119 e. The van der Waals surface area contributed by atoms with E-state index < -0.39 is 0 Å². The van der Waals surface area contributed by atoms with E-state index in [1.165, 1.54) is 0 Å². The Morgan fingerprint density at radius 1 is 1.50 bits per heavy atom. The summed E-state index contributed by atoms with van der Waals surface area (Å²) in [5.41, 5.74) is 0.845. The van der Waals surface area contributed by atoms with Crippen LogP contribution in [0.4, 0.5) is 0 Å². The van der Waals surface area contributed by atoms with E-state index in [-0.39, 0.29) is 0 Å². The van der Waals surface area contributed by atoms with Crippen LogP contribution in [0.3, 0.4) is 0 Å². The van der Waals surface area contributed by atoms with Gasteiger partial charge in [-0.25, -0.2) is 0 Å². The molecule has 1 N–H and O–H groups in total. The Kier molecular flexibility index (Phi) is 2.63. The van der Waals surface area contributed by atoms with Crippen LogP contribution in [0.25, 0.3) is 0 Å². The molecule has 3 heteroatoms. The molecule has 0 aliphatic heterocycles. The quantitative estimate of drug-likeness (QED) is 0.695. The number of halogens is 1. The van der Waals surface area contributed by atoms with Gasteiger partial charge in [0.15, 0.2) is 0 Å². The zero-order valence-electron chi connectivity index (χ0n) is 5.21. The first kappa shape index (κ1) is 7.95. The van der Waals surface area contributed by atoms with Crippen LogP contribution in [0, 0.1) is 0 Å². The SMILES string of the molecule is Oc1ccc(Br)cc1CS. The number of thiol groups is 1. The molecule has 0 heterocycles. The van der Waals surface area contributed by atoms with Gasteiger partial charge in [-0.2, -0.15) is 12.6 Å². The molecule has 0 atom stereocenters. The molecule has 0 unspecified atom stereocenters. The third kappa shape index (κ3) is 1.67. The van der Waals surface area contributed by atoms with Gasteiger partial charge in [-0.1, -0.05) is 15.9 Å². The van der Waals surface area contributed by atoms with Crippen LogP contribution in [0.5, 0.6) is 5.75 Å². The van der Waals surface area contributed by atoms with Crippen molar-refractivity contribution in [3.63, 3.8) is 0 Å². The normalized spacial score (nSPS) is 9.80. The molecule has 1 aromatic rings. The summed E-state index contributed by atoms with van der Waals surface area (Å²) in [6.45, 7) is 0. The predicted molar refractivity (Wildman–Crippen MR) is 48.5 cm³/mol. The van der Waals surface area contributed by atoms with Crippen molar-refractivity contribution in [1.82, 2.24) is 0 Å². The molecule has 1 rings (SSSR count). The highest BCUT2D eigenvalue weighted by atomic mass is 79.9. The molecule has 0 saturated heterocycles. The first-order valence-electron chi connectivity index (χ1n) is 2.82. The summed E-state index contributed by atoms with van der Waals surface area (Å²) in [5.74, 6) is 0.865. The van der Waals surface area contributed by atoms with Crippen molar-refractivity contribution in [1.29, 1.82) is 0 Å². The van der Waals surface area contributed by atoms with Crippen molar-refractivity contribution in [3.05, 3.63) is 28.2 Å². The number of aromatic hydroxyl groups is 1. The van der Waals surface area contributed by atoms with E-state index >= 15 is 0 Å². The maximum Gasteiger partial charge on any atom is 0.119 e. The maximum absolute atomic E-state index is 9.17. The van der Waals surface area contributed by atoms with E-state index in [1.54, 1.807) is 12.1 Å². The van der Waals surface area contributed by atoms with Crippen LogP contribution in [-0.2, 0) is 5.75 Å². The number of benzene rings is 1. The molecule has 0 aromatic heterocycles. The second kappa shape index (κ2) is 3.30. The summed E-state index contributed by atoms with van der Waals surface area (Å²) < 4.78 is 0.967. The lowest BCUT2D eigenvalue weighted by Crippen LogP contribution is -1.78. The van der Waals surface area contributed by atoms with Gasteiger partial charge in [0, 0.05) is 15.8 Å². The summed E-state index contributed by atoms with van der Waals surface area (Å²) >= 11 is 7.34. The molecule has 1 nitrogen and oxygen atoms in total. The summed E-state index contributed by atoms with van der Waals surface area (Å²) in [6, 6.07) is 5.29. The van der Waals surface area contributed by atoms with Crippen molar-refractivity contribution < 1.29 is 5.11 Å². The molecule has 0 bridgehead atoms. The van der Waals surface area contributed by atoms with Gasteiger partial charge in [-0.05, 0) is 18.2 Å². The van der Waals surface area contributed by atoms with E-state index in [0.29, 0.717) is 11.5 Å². The zero-order valence-corrected chi connectivity index (χ0v) is 7.69. The average molecular weight is 219 g/mol. The minimum atomic E-state index is 0.304. The van der Waals surface area contributed by atoms with Gasteiger partial charge < -0.3 is 5.11 Å². The summed E-state index contributed by atoms with van der Waals surface area (Å²) in [5, 5.41) is 9.17. The molecule has 0 amide bonds. The van der Waals surface area contributed by atoms with Crippen LogP contribution in [0.15, 0.2) is 22.7 Å². The Labute approximate surface area is 73.6 Å². The fourth-order valence-electron chi connectivity index (χ4n) is 0.681. The standard InChI is InChI=1S/C7H7BrOS/c8-6-1-2-7(9)5(3-6)4-10/h1-3,9-10H,4H2. The van der Waals surface area contributed by atoms with Gasteiger partial charge in [0.25, 0.3) is 0 Å². The highest BCUT2D eigenvalue weighted by Crippen LogP contribution is 2.22. The molecular formula is C7H7BrOS. The molecular weight excluding hydrogens is 212 g/mol. The van der Waals surface area contributed by atoms with E-state index in [1.807, 2.05) is 6.07 Å². The Balaban J connectivity index is 3.09. The molecule has 0 spiro atoms. The van der Waals surface area contributed by atoms with Crippen LogP contribution >= 0.6 is 28.6 Å². The Hall–Kier alpha value is -0.150. The molecule has 0 aliphatic carbocycles. The lowest BCUT2D eigenvalue weighted by Gasteiger charge is -1.99. The molecule has 54 valence electrons. The Morgan fingerprint density at radius 3 is 2.70 bits per heavy atom. The van der Waals surface area contributed by atoms with E-state index in [4.69, 9.17) is 5.11 Å². The van der Waals surface area contributed by atoms with Gasteiger partial charge >= 0.3 is 0 Å². The second-order valence-corrected chi connectivity index (χ2v) is 3.16. The zero-order chi connectivity index (χ0) is 7.56. The number of rotatable bonds is 1. The van der Waals surface area contributed by atoms with Gasteiger partial charge in [0.2, 0.25) is 0 Å². The predicted octanol–water partition coefficient (Wildman–Crippen LogP) is 2.58. The molecule has 1 aromatic carbocycles. The van der Waals surface area contributed by atoms with Crippen LogP contribution in [0.1, 0.15) is 5.56 Å². The van der Waals surface area contributed by atoms with Crippen molar-refractivity contribution in [2.45, 2.75) is 5.75 Å². The van der Waals surface area contributed by atoms with Crippen molar-refractivity contribution in [3.8, 4) is 5.75 Å². The van der Waals surface area contributed by atoms with Crippen molar-refractivity contribution in [2.24, 2.45) is 0 Å². The highest BCUT2D eigenvalue weighted by Gasteiger charge is 1.97. The van der Waals surface area contributed by atoms with Gasteiger partial charge in [0.1, 0.15) is 5.75 Å². The fourth-order valence-corrected chi connectivity index (χ4v) is 1.34. The molecule has 0 aliphatic rings. The van der Waals surface area contributed by atoms with Gasteiger partial charge in [-0.15, -0.1) is 0 Å². The molecule has 0 fully saturated rings. The minimum absolute atomic E-state index is 0.304. The lowest BCUT2D eigenvalue weighted by atomic mass is 10.2. The molecule has 10 heavy (non-hydrogen) atoms. The first-order valence-corrected chi connectivity index (χ1v) is 4.25. The summed E-state index contributed by atoms with van der Waals surface area (Å²) in [6.07, 6.45) is 0. The van der Waals surface area contributed by atoms with E-state index in [9.17, 15) is 0 Å². The summed E-state index contributed by atoms with van der Waals surface area (Å²) in [7, 11) is 0. The highest BCUT2D eigenvalue weighted by molar-refractivity contribution is 9.10.